The molecule has 2 rings (SSSR count). The number of carbonyl (C=O) groups excluding carboxylic acids is 1. The van der Waals surface area contributed by atoms with Gasteiger partial charge in [0, 0.05) is 6.04 Å². The molecule has 4 heteroatoms. The van der Waals surface area contributed by atoms with Gasteiger partial charge in [0.05, 0.1) is 13.7 Å². The van der Waals surface area contributed by atoms with Crippen molar-refractivity contribution in [2.45, 2.75) is 43.7 Å². The monoisotopic (exact) mass is 277 g/mol. The van der Waals surface area contributed by atoms with E-state index in [0.717, 1.165) is 31.2 Å². The molecule has 0 spiro atoms. The van der Waals surface area contributed by atoms with Gasteiger partial charge in [-0.05, 0) is 24.8 Å². The predicted octanol–water partition coefficient (Wildman–Crippen LogP) is 1.67. The van der Waals surface area contributed by atoms with Crippen molar-refractivity contribution in [3.05, 3.63) is 35.9 Å². The van der Waals surface area contributed by atoms with E-state index in [1.165, 1.54) is 7.11 Å². The number of benzene rings is 1. The Morgan fingerprint density at radius 1 is 1.35 bits per heavy atom. The number of hydrogen-bond acceptors (Lipinski definition) is 4. The molecular formula is C16H23NO3. The third kappa shape index (κ3) is 3.38. The first-order chi connectivity index (χ1) is 9.70. The quantitative estimate of drug-likeness (QED) is 0.777. The van der Waals surface area contributed by atoms with E-state index in [1.54, 1.807) is 0 Å². The Kier molecular flexibility index (Phi) is 5.15. The van der Waals surface area contributed by atoms with Gasteiger partial charge in [-0.15, -0.1) is 0 Å². The van der Waals surface area contributed by atoms with Crippen molar-refractivity contribution >= 4 is 5.97 Å². The largest absolute Gasteiger partial charge is 0.468 e. The second kappa shape index (κ2) is 6.86. The van der Waals surface area contributed by atoms with E-state index in [2.05, 4.69) is 5.32 Å². The van der Waals surface area contributed by atoms with Crippen LogP contribution in [0.3, 0.4) is 0 Å². The lowest BCUT2D eigenvalue weighted by molar-refractivity contribution is -0.149. The van der Waals surface area contributed by atoms with Crippen LogP contribution in [-0.2, 0) is 16.0 Å². The smallest absolute Gasteiger partial charge is 0.326 e. The molecule has 0 amide bonds. The van der Waals surface area contributed by atoms with E-state index < -0.39 is 5.54 Å². The van der Waals surface area contributed by atoms with Crippen LogP contribution in [0.15, 0.2) is 30.3 Å². The summed E-state index contributed by atoms with van der Waals surface area (Å²) in [7, 11) is 1.43. The highest BCUT2D eigenvalue weighted by Crippen LogP contribution is 2.31. The summed E-state index contributed by atoms with van der Waals surface area (Å²) in [6, 6.07) is 9.87. The van der Waals surface area contributed by atoms with Gasteiger partial charge in [-0.25, -0.2) is 0 Å². The van der Waals surface area contributed by atoms with Crippen molar-refractivity contribution in [2.75, 3.05) is 13.7 Å². The third-order valence-corrected chi connectivity index (χ3v) is 4.06. The molecule has 110 valence electrons. The molecule has 1 aliphatic carbocycles. The third-order valence-electron chi connectivity index (χ3n) is 4.06. The number of aliphatic hydroxyl groups is 1. The lowest BCUT2D eigenvalue weighted by atomic mass is 9.94. The zero-order valence-electron chi connectivity index (χ0n) is 12.0. The second-order valence-corrected chi connectivity index (χ2v) is 5.49. The van der Waals surface area contributed by atoms with Crippen LogP contribution in [0.5, 0.6) is 0 Å². The summed E-state index contributed by atoms with van der Waals surface area (Å²) in [5.74, 6) is -0.207. The molecule has 1 fully saturated rings. The van der Waals surface area contributed by atoms with Crippen LogP contribution in [0.25, 0.3) is 0 Å². The minimum absolute atomic E-state index is 0.00758. The fraction of sp³-hybridized carbons (Fsp3) is 0.562. The van der Waals surface area contributed by atoms with Crippen molar-refractivity contribution in [3.8, 4) is 0 Å². The van der Waals surface area contributed by atoms with Gasteiger partial charge in [0.1, 0.15) is 5.54 Å². The van der Waals surface area contributed by atoms with Crippen LogP contribution in [-0.4, -0.2) is 36.4 Å². The highest BCUT2D eigenvalue weighted by Gasteiger charge is 2.43. The SMILES string of the molecule is COC(=O)C1(N[C@@H](CO)Cc2ccccc2)CCCC1. The van der Waals surface area contributed by atoms with Gasteiger partial charge in [0.25, 0.3) is 0 Å². The average Bonchev–Trinajstić information content (AvgIpc) is 2.96. The van der Waals surface area contributed by atoms with E-state index in [0.29, 0.717) is 6.42 Å². The number of ether oxygens (including phenoxy) is 1. The number of aliphatic hydroxyl groups excluding tert-OH is 1. The lowest BCUT2D eigenvalue weighted by Crippen LogP contribution is -2.56. The molecular weight excluding hydrogens is 254 g/mol. The van der Waals surface area contributed by atoms with Crippen molar-refractivity contribution in [1.82, 2.24) is 5.32 Å². The van der Waals surface area contributed by atoms with E-state index in [-0.39, 0.29) is 18.6 Å². The molecule has 2 N–H and O–H groups in total. The molecule has 1 saturated carbocycles. The fourth-order valence-electron chi connectivity index (χ4n) is 3.03. The van der Waals surface area contributed by atoms with Gasteiger partial charge >= 0.3 is 5.97 Å². The van der Waals surface area contributed by atoms with Crippen molar-refractivity contribution < 1.29 is 14.6 Å². The average molecular weight is 277 g/mol. The van der Waals surface area contributed by atoms with Crippen molar-refractivity contribution in [1.29, 1.82) is 0 Å². The van der Waals surface area contributed by atoms with Crippen molar-refractivity contribution in [2.24, 2.45) is 0 Å². The Labute approximate surface area is 120 Å². The minimum atomic E-state index is -0.614. The standard InChI is InChI=1S/C16H23NO3/c1-20-15(19)16(9-5-6-10-16)17-14(12-18)11-13-7-3-2-4-8-13/h2-4,7-8,14,17-18H,5-6,9-12H2,1H3/t14-/m1/s1. The second-order valence-electron chi connectivity index (χ2n) is 5.49. The Bertz CT molecular complexity index is 427. The molecule has 0 saturated heterocycles. The molecule has 0 heterocycles. The van der Waals surface area contributed by atoms with Crippen LogP contribution >= 0.6 is 0 Å². The summed E-state index contributed by atoms with van der Waals surface area (Å²) in [6.45, 7) is 0.00758. The van der Waals surface area contributed by atoms with Crippen LogP contribution in [0, 0.1) is 0 Å². The summed E-state index contributed by atoms with van der Waals surface area (Å²) in [5, 5.41) is 13.0. The van der Waals surface area contributed by atoms with Gasteiger partial charge in [-0.1, -0.05) is 43.2 Å². The van der Waals surface area contributed by atoms with Crippen LogP contribution in [0.1, 0.15) is 31.2 Å². The molecule has 0 aromatic heterocycles. The van der Waals surface area contributed by atoms with Gasteiger partial charge in [0.2, 0.25) is 0 Å². The Morgan fingerprint density at radius 3 is 2.55 bits per heavy atom. The zero-order valence-corrected chi connectivity index (χ0v) is 12.0. The number of esters is 1. The Morgan fingerprint density at radius 2 is 2.00 bits per heavy atom. The summed E-state index contributed by atoms with van der Waals surface area (Å²) in [5.41, 5.74) is 0.536. The maximum Gasteiger partial charge on any atom is 0.326 e. The Hall–Kier alpha value is -1.39. The summed E-state index contributed by atoms with van der Waals surface area (Å²) >= 11 is 0. The number of carbonyl (C=O) groups is 1. The molecule has 0 aliphatic heterocycles. The molecule has 0 unspecified atom stereocenters. The zero-order chi connectivity index (χ0) is 14.4. The van der Waals surface area contributed by atoms with Crippen LogP contribution in [0.4, 0.5) is 0 Å². The molecule has 20 heavy (non-hydrogen) atoms. The van der Waals surface area contributed by atoms with E-state index in [9.17, 15) is 9.90 Å². The molecule has 0 radical (unpaired) electrons. The molecule has 0 bridgehead atoms. The number of rotatable bonds is 6. The maximum absolute atomic E-state index is 12.1. The van der Waals surface area contributed by atoms with Crippen LogP contribution in [0.2, 0.25) is 0 Å². The molecule has 1 aromatic rings. The highest BCUT2D eigenvalue weighted by atomic mass is 16.5. The number of hydrogen-bond donors (Lipinski definition) is 2. The fourth-order valence-corrected chi connectivity index (χ4v) is 3.03. The lowest BCUT2D eigenvalue weighted by Gasteiger charge is -2.31. The first-order valence-corrected chi connectivity index (χ1v) is 7.21. The van der Waals surface area contributed by atoms with E-state index in [1.807, 2.05) is 30.3 Å². The maximum atomic E-state index is 12.1. The highest BCUT2D eigenvalue weighted by molar-refractivity contribution is 5.81. The van der Waals surface area contributed by atoms with Gasteiger partial charge in [0.15, 0.2) is 0 Å². The predicted molar refractivity (Wildman–Crippen MR) is 77.4 cm³/mol. The summed E-state index contributed by atoms with van der Waals surface area (Å²) in [6.07, 6.45) is 4.31. The van der Waals surface area contributed by atoms with Gasteiger partial charge < -0.3 is 9.84 Å². The molecule has 4 nitrogen and oxygen atoms in total. The van der Waals surface area contributed by atoms with E-state index in [4.69, 9.17) is 4.74 Å². The normalized spacial score (nSPS) is 18.7. The molecule has 1 aliphatic rings. The molecule has 1 atom stereocenters. The first-order valence-electron chi connectivity index (χ1n) is 7.21. The summed E-state index contributed by atoms with van der Waals surface area (Å²) in [4.78, 5) is 12.1. The minimum Gasteiger partial charge on any atom is -0.468 e. The Balaban J connectivity index is 2.06. The van der Waals surface area contributed by atoms with Crippen LogP contribution < -0.4 is 5.32 Å². The van der Waals surface area contributed by atoms with Gasteiger partial charge in [-0.2, -0.15) is 0 Å². The van der Waals surface area contributed by atoms with E-state index >= 15 is 0 Å². The topological polar surface area (TPSA) is 58.6 Å². The summed E-state index contributed by atoms with van der Waals surface area (Å²) < 4.78 is 4.95. The molecule has 1 aromatic carbocycles. The number of nitrogens with one attached hydrogen (secondary N) is 1. The first kappa shape index (κ1) is 15.0. The number of methoxy groups -OCH3 is 1. The van der Waals surface area contributed by atoms with Gasteiger partial charge in [-0.3, -0.25) is 10.1 Å². The van der Waals surface area contributed by atoms with Crippen molar-refractivity contribution in [3.63, 3.8) is 0 Å².